The lowest BCUT2D eigenvalue weighted by Gasteiger charge is -2.18. The molecular weight excluding hydrogens is 335 g/mol. The molecule has 0 aliphatic carbocycles. The van der Waals surface area contributed by atoms with Gasteiger partial charge in [-0.15, -0.1) is 0 Å². The number of aromatic nitrogens is 2. The monoisotopic (exact) mass is 352 g/mol. The first kappa shape index (κ1) is 16.3. The smallest absolute Gasteiger partial charge is 0.315 e. The summed E-state index contributed by atoms with van der Waals surface area (Å²) in [5.74, 6) is -0.418. The quantitative estimate of drug-likeness (QED) is 0.725. The molecule has 6 nitrogen and oxygen atoms in total. The molecule has 2 aromatic carbocycles. The van der Waals surface area contributed by atoms with Crippen LogP contribution in [0.5, 0.6) is 0 Å². The van der Waals surface area contributed by atoms with Crippen LogP contribution < -0.4 is 4.90 Å². The highest BCUT2D eigenvalue weighted by Crippen LogP contribution is 2.31. The fourth-order valence-corrected chi connectivity index (χ4v) is 3.31. The van der Waals surface area contributed by atoms with Gasteiger partial charge >= 0.3 is 6.03 Å². The van der Waals surface area contributed by atoms with Crippen molar-refractivity contribution in [3.63, 3.8) is 0 Å². The maximum Gasteiger partial charge on any atom is 0.325 e. The Morgan fingerprint density at radius 3 is 2.65 bits per heavy atom. The van der Waals surface area contributed by atoms with Gasteiger partial charge in [0.15, 0.2) is 0 Å². The van der Waals surface area contributed by atoms with Crippen LogP contribution in [0, 0.1) is 5.82 Å². The normalized spacial score (nSPS) is 14.5. The fourth-order valence-electron chi connectivity index (χ4n) is 3.31. The number of hydrogen-bond donors (Lipinski definition) is 0. The third-order valence-electron chi connectivity index (χ3n) is 4.47. The first-order valence-electron chi connectivity index (χ1n) is 8.34. The Morgan fingerprint density at radius 1 is 1.12 bits per heavy atom. The van der Waals surface area contributed by atoms with Crippen LogP contribution in [0.1, 0.15) is 6.92 Å². The van der Waals surface area contributed by atoms with Gasteiger partial charge in [-0.3, -0.25) is 9.69 Å². The number of halogens is 1. The van der Waals surface area contributed by atoms with Gasteiger partial charge in [0.05, 0.1) is 23.9 Å². The molecule has 0 radical (unpaired) electrons. The summed E-state index contributed by atoms with van der Waals surface area (Å²) >= 11 is 0. The number of benzene rings is 2. The first-order valence-corrected chi connectivity index (χ1v) is 8.34. The summed E-state index contributed by atoms with van der Waals surface area (Å²) in [4.78, 5) is 27.1. The van der Waals surface area contributed by atoms with E-state index in [4.69, 9.17) is 0 Å². The van der Waals surface area contributed by atoms with E-state index in [2.05, 4.69) is 5.10 Å². The maximum atomic E-state index is 14.2. The van der Waals surface area contributed by atoms with Crippen molar-refractivity contribution in [2.24, 2.45) is 0 Å². The topological polar surface area (TPSA) is 58.4 Å². The lowest BCUT2D eigenvalue weighted by molar-refractivity contribution is -0.117. The molecule has 1 aliphatic heterocycles. The third kappa shape index (κ3) is 2.61. The highest BCUT2D eigenvalue weighted by Gasteiger charge is 2.31. The lowest BCUT2D eigenvalue weighted by atomic mass is 10.2. The molecule has 0 atom stereocenters. The summed E-state index contributed by atoms with van der Waals surface area (Å²) in [6.45, 7) is 2.57. The molecule has 1 saturated heterocycles. The predicted octanol–water partition coefficient (Wildman–Crippen LogP) is 3.00. The van der Waals surface area contributed by atoms with E-state index in [-0.39, 0.29) is 24.2 Å². The van der Waals surface area contributed by atoms with Crippen LogP contribution in [-0.4, -0.2) is 46.1 Å². The van der Waals surface area contributed by atoms with E-state index < -0.39 is 0 Å². The average Bonchev–Trinajstić information content (AvgIpc) is 3.19. The highest BCUT2D eigenvalue weighted by molar-refractivity contribution is 6.04. The molecule has 1 aliphatic rings. The number of urea groups is 1. The zero-order chi connectivity index (χ0) is 18.3. The summed E-state index contributed by atoms with van der Waals surface area (Å²) in [5.41, 5.74) is 1.78. The van der Waals surface area contributed by atoms with Gasteiger partial charge in [0.2, 0.25) is 0 Å². The van der Waals surface area contributed by atoms with Crippen LogP contribution in [-0.2, 0) is 4.79 Å². The zero-order valence-electron chi connectivity index (χ0n) is 14.2. The van der Waals surface area contributed by atoms with Crippen LogP contribution in [0.4, 0.5) is 14.9 Å². The van der Waals surface area contributed by atoms with E-state index in [0.717, 1.165) is 5.39 Å². The van der Waals surface area contributed by atoms with E-state index in [0.29, 0.717) is 30.0 Å². The van der Waals surface area contributed by atoms with Crippen LogP contribution in [0.15, 0.2) is 48.7 Å². The third-order valence-corrected chi connectivity index (χ3v) is 4.47. The number of amides is 2. The second-order valence-electron chi connectivity index (χ2n) is 6.28. The number of Topliss-reactive ketones (excluding diaryl/α,β-unsaturated/α-hetero) is 1. The molecule has 7 heteroatoms. The van der Waals surface area contributed by atoms with Gasteiger partial charge in [-0.2, -0.15) is 5.10 Å². The van der Waals surface area contributed by atoms with E-state index in [1.54, 1.807) is 29.3 Å². The molecule has 132 valence electrons. The molecular formula is C19H17FN4O2. The largest absolute Gasteiger partial charge is 0.325 e. The summed E-state index contributed by atoms with van der Waals surface area (Å²) in [6, 6.07) is 11.7. The second kappa shape index (κ2) is 6.25. The SMILES string of the molecule is CC(=O)CN1CCN(c2cccc3c2cnn3-c2ccccc2F)C1=O. The van der Waals surface area contributed by atoms with Gasteiger partial charge in [0, 0.05) is 18.5 Å². The Balaban J connectivity index is 1.76. The molecule has 4 rings (SSSR count). The van der Waals surface area contributed by atoms with Crippen molar-refractivity contribution in [2.75, 3.05) is 24.5 Å². The number of nitrogens with zero attached hydrogens (tertiary/aromatic N) is 4. The van der Waals surface area contributed by atoms with Crippen molar-refractivity contribution < 1.29 is 14.0 Å². The van der Waals surface area contributed by atoms with Gasteiger partial charge < -0.3 is 4.90 Å². The van der Waals surface area contributed by atoms with E-state index >= 15 is 0 Å². The molecule has 3 aromatic rings. The van der Waals surface area contributed by atoms with Gasteiger partial charge in [0.25, 0.3) is 0 Å². The molecule has 0 spiro atoms. The van der Waals surface area contributed by atoms with E-state index in [1.165, 1.54) is 22.6 Å². The molecule has 0 bridgehead atoms. The lowest BCUT2D eigenvalue weighted by Crippen LogP contribution is -2.34. The van der Waals surface area contributed by atoms with Crippen molar-refractivity contribution in [1.29, 1.82) is 0 Å². The van der Waals surface area contributed by atoms with Crippen LogP contribution in [0.2, 0.25) is 0 Å². The highest BCUT2D eigenvalue weighted by atomic mass is 19.1. The Bertz CT molecular complexity index is 1010. The van der Waals surface area contributed by atoms with Gasteiger partial charge in [-0.1, -0.05) is 18.2 Å². The molecule has 1 fully saturated rings. The Kier molecular flexibility index (Phi) is 3.91. The predicted molar refractivity (Wildman–Crippen MR) is 96.0 cm³/mol. The number of hydrogen-bond acceptors (Lipinski definition) is 3. The Labute approximate surface area is 149 Å². The number of carbonyl (C=O) groups excluding carboxylic acids is 2. The molecule has 2 amide bonds. The standard InChI is InChI=1S/C19H17FN4O2/c1-13(25)12-22-9-10-23(19(22)26)16-7-4-8-17-14(16)11-21-24(17)18-6-3-2-5-15(18)20/h2-8,11H,9-10,12H2,1H3. The molecule has 1 aromatic heterocycles. The van der Waals surface area contributed by atoms with Crippen LogP contribution in [0.3, 0.4) is 0 Å². The Hall–Kier alpha value is -3.22. The van der Waals surface area contributed by atoms with Crippen LogP contribution in [0.25, 0.3) is 16.6 Å². The number of fused-ring (bicyclic) bond motifs is 1. The van der Waals surface area contributed by atoms with Crippen molar-refractivity contribution >= 4 is 28.4 Å². The van der Waals surface area contributed by atoms with Crippen molar-refractivity contribution in [3.8, 4) is 5.69 Å². The minimum Gasteiger partial charge on any atom is -0.315 e. The van der Waals surface area contributed by atoms with Crippen molar-refractivity contribution in [2.45, 2.75) is 6.92 Å². The maximum absolute atomic E-state index is 14.2. The average molecular weight is 352 g/mol. The second-order valence-corrected chi connectivity index (χ2v) is 6.28. The minimum atomic E-state index is -0.368. The first-order chi connectivity index (χ1) is 12.6. The van der Waals surface area contributed by atoms with E-state index in [9.17, 15) is 14.0 Å². The zero-order valence-corrected chi connectivity index (χ0v) is 14.2. The summed E-state index contributed by atoms with van der Waals surface area (Å²) in [5, 5.41) is 5.08. The van der Waals surface area contributed by atoms with Crippen molar-refractivity contribution in [3.05, 3.63) is 54.5 Å². The Morgan fingerprint density at radius 2 is 1.88 bits per heavy atom. The van der Waals surface area contributed by atoms with Gasteiger partial charge in [0.1, 0.15) is 17.3 Å². The minimum absolute atomic E-state index is 0.0502. The molecule has 2 heterocycles. The molecule has 0 N–H and O–H groups in total. The number of anilines is 1. The summed E-state index contributed by atoms with van der Waals surface area (Å²) in [6.07, 6.45) is 1.64. The van der Waals surface area contributed by atoms with Gasteiger partial charge in [-0.25, -0.2) is 13.9 Å². The fraction of sp³-hybridized carbons (Fsp3) is 0.211. The number of rotatable bonds is 4. The van der Waals surface area contributed by atoms with Crippen LogP contribution >= 0.6 is 0 Å². The molecule has 26 heavy (non-hydrogen) atoms. The van der Waals surface area contributed by atoms with E-state index in [1.807, 2.05) is 18.2 Å². The number of carbonyl (C=O) groups is 2. The molecule has 0 saturated carbocycles. The number of ketones is 1. The number of para-hydroxylation sites is 1. The molecule has 0 unspecified atom stereocenters. The summed E-state index contributed by atoms with van der Waals surface area (Å²) in [7, 11) is 0. The summed E-state index contributed by atoms with van der Waals surface area (Å²) < 4.78 is 15.7. The van der Waals surface area contributed by atoms with Crippen molar-refractivity contribution in [1.82, 2.24) is 14.7 Å². The van der Waals surface area contributed by atoms with Gasteiger partial charge in [-0.05, 0) is 31.2 Å².